The summed E-state index contributed by atoms with van der Waals surface area (Å²) in [5, 5.41) is 0.213. The molecule has 0 spiro atoms. The van der Waals surface area contributed by atoms with Crippen molar-refractivity contribution in [3.63, 3.8) is 0 Å². The highest BCUT2D eigenvalue weighted by Gasteiger charge is 2.37. The van der Waals surface area contributed by atoms with Crippen LogP contribution in [0.2, 0.25) is 18.1 Å². The minimum atomic E-state index is -1.73. The van der Waals surface area contributed by atoms with E-state index in [1.165, 1.54) is 0 Å². The minimum absolute atomic E-state index is 0.213. The summed E-state index contributed by atoms with van der Waals surface area (Å²) in [6.45, 7) is 11.8. The number of methoxy groups -OCH3 is 1. The molecule has 0 N–H and O–H groups in total. The van der Waals surface area contributed by atoms with E-state index in [4.69, 9.17) is 9.16 Å². The fourth-order valence-corrected chi connectivity index (χ4v) is 2.55. The molecule has 0 atom stereocenters. The molecule has 0 bridgehead atoms. The van der Waals surface area contributed by atoms with Gasteiger partial charge < -0.3 is 9.16 Å². The van der Waals surface area contributed by atoms with Gasteiger partial charge in [0.1, 0.15) is 10.4 Å². The highest BCUT2D eigenvalue weighted by Crippen LogP contribution is 2.37. The molecule has 102 valence electrons. The largest absolute Gasteiger partial charge is 0.495 e. The first-order chi connectivity index (χ1) is 8.17. The summed E-state index contributed by atoms with van der Waals surface area (Å²) in [5.74, 6) is 0.775. The molecule has 0 saturated heterocycles. The molecule has 0 fully saturated rings. The molecule has 0 amide bonds. The van der Waals surface area contributed by atoms with Crippen molar-refractivity contribution in [1.29, 1.82) is 0 Å². The van der Waals surface area contributed by atoms with Gasteiger partial charge in [-0.25, -0.2) is 4.98 Å². The Labute approximate surface area is 119 Å². The summed E-state index contributed by atoms with van der Waals surface area (Å²) in [4.78, 5) is 4.15. The van der Waals surface area contributed by atoms with Gasteiger partial charge >= 0.3 is 0 Å². The van der Waals surface area contributed by atoms with Gasteiger partial charge in [0.15, 0.2) is 8.32 Å². The van der Waals surface area contributed by atoms with Crippen LogP contribution < -0.4 is 4.74 Å². The van der Waals surface area contributed by atoms with Gasteiger partial charge in [0.05, 0.1) is 19.9 Å². The monoisotopic (exact) mass is 331 g/mol. The van der Waals surface area contributed by atoms with E-state index >= 15 is 0 Å². The van der Waals surface area contributed by atoms with E-state index in [0.717, 1.165) is 15.9 Å². The molecule has 5 heteroatoms. The lowest BCUT2D eigenvalue weighted by Crippen LogP contribution is -2.40. The Kier molecular flexibility index (Phi) is 4.97. The lowest BCUT2D eigenvalue weighted by Gasteiger charge is -2.36. The maximum atomic E-state index is 6.19. The second-order valence-corrected chi connectivity index (χ2v) is 11.5. The number of hydrogen-bond donors (Lipinski definition) is 0. The van der Waals surface area contributed by atoms with Crippen molar-refractivity contribution in [2.24, 2.45) is 0 Å². The number of nitrogens with zero attached hydrogens (tertiary/aromatic N) is 1. The smallest absolute Gasteiger partial charge is 0.192 e. The third-order valence-corrected chi connectivity index (χ3v) is 8.44. The van der Waals surface area contributed by atoms with Crippen molar-refractivity contribution in [3.05, 3.63) is 22.4 Å². The molecule has 0 aromatic carbocycles. The summed E-state index contributed by atoms with van der Waals surface area (Å²) in [7, 11) is -0.0785. The number of pyridine rings is 1. The van der Waals surface area contributed by atoms with Crippen LogP contribution in [0.1, 0.15) is 26.3 Å². The zero-order valence-electron chi connectivity index (χ0n) is 12.0. The number of hydrogen-bond acceptors (Lipinski definition) is 3. The van der Waals surface area contributed by atoms with E-state index in [0.29, 0.717) is 6.61 Å². The van der Waals surface area contributed by atoms with Gasteiger partial charge in [-0.1, -0.05) is 20.8 Å². The number of rotatable bonds is 4. The Balaban J connectivity index is 2.83. The summed E-state index contributed by atoms with van der Waals surface area (Å²) in [6.07, 6.45) is 1.72. The maximum absolute atomic E-state index is 6.19. The summed E-state index contributed by atoms with van der Waals surface area (Å²) >= 11 is 3.37. The Hall–Kier alpha value is -0.393. The van der Waals surface area contributed by atoms with Crippen molar-refractivity contribution in [1.82, 2.24) is 4.98 Å². The van der Waals surface area contributed by atoms with Crippen molar-refractivity contribution in [3.8, 4) is 5.75 Å². The van der Waals surface area contributed by atoms with Crippen LogP contribution in [-0.2, 0) is 11.0 Å². The number of halogens is 1. The lowest BCUT2D eigenvalue weighted by atomic mass is 10.2. The average Bonchev–Trinajstić information content (AvgIpc) is 2.25. The molecule has 18 heavy (non-hydrogen) atoms. The molecule has 1 aromatic heterocycles. The summed E-state index contributed by atoms with van der Waals surface area (Å²) in [5.41, 5.74) is 1.03. The van der Waals surface area contributed by atoms with E-state index in [1.54, 1.807) is 13.3 Å². The molecule has 1 aromatic rings. The van der Waals surface area contributed by atoms with Gasteiger partial charge in [-0.3, -0.25) is 0 Å². The normalized spacial score (nSPS) is 12.6. The van der Waals surface area contributed by atoms with Crippen LogP contribution in [0.4, 0.5) is 0 Å². The van der Waals surface area contributed by atoms with Crippen LogP contribution in [0.5, 0.6) is 5.75 Å². The molecule has 1 heterocycles. The van der Waals surface area contributed by atoms with E-state index in [2.05, 4.69) is 54.8 Å². The van der Waals surface area contributed by atoms with Crippen LogP contribution in [0.15, 0.2) is 16.9 Å². The standard InChI is InChI=1S/C13H22BrNO2Si/c1-13(2,3)18(5,6)17-9-10-7-12(14)15-8-11(10)16-4/h7-8H,9H2,1-6H3. The lowest BCUT2D eigenvalue weighted by molar-refractivity contribution is 0.269. The molecule has 0 radical (unpaired) electrons. The third kappa shape index (κ3) is 3.80. The third-order valence-electron chi connectivity index (χ3n) is 3.53. The topological polar surface area (TPSA) is 31.4 Å². The second-order valence-electron chi connectivity index (χ2n) is 5.87. The van der Waals surface area contributed by atoms with Crippen LogP contribution in [-0.4, -0.2) is 20.4 Å². The van der Waals surface area contributed by atoms with E-state index in [-0.39, 0.29) is 5.04 Å². The maximum Gasteiger partial charge on any atom is 0.192 e. The molecule has 3 nitrogen and oxygen atoms in total. The van der Waals surface area contributed by atoms with Gasteiger partial charge in [0.2, 0.25) is 0 Å². The molecule has 0 aliphatic rings. The molecule has 0 unspecified atom stereocenters. The van der Waals surface area contributed by atoms with Crippen molar-refractivity contribution in [2.75, 3.05) is 7.11 Å². The van der Waals surface area contributed by atoms with E-state index in [1.807, 2.05) is 6.07 Å². The molecule has 0 aliphatic carbocycles. The first-order valence-electron chi connectivity index (χ1n) is 6.00. The zero-order chi connectivity index (χ0) is 14.0. The fourth-order valence-electron chi connectivity index (χ4n) is 1.23. The van der Waals surface area contributed by atoms with E-state index < -0.39 is 8.32 Å². The van der Waals surface area contributed by atoms with Gasteiger partial charge in [0.25, 0.3) is 0 Å². The SMILES string of the molecule is COc1cnc(Br)cc1CO[Si](C)(C)C(C)(C)C. The first kappa shape index (κ1) is 15.7. The van der Waals surface area contributed by atoms with Gasteiger partial charge in [-0.15, -0.1) is 0 Å². The summed E-state index contributed by atoms with van der Waals surface area (Å²) < 4.78 is 12.3. The Morgan fingerprint density at radius 1 is 1.33 bits per heavy atom. The van der Waals surface area contributed by atoms with Gasteiger partial charge in [0, 0.05) is 5.56 Å². The van der Waals surface area contributed by atoms with E-state index in [9.17, 15) is 0 Å². The van der Waals surface area contributed by atoms with Gasteiger partial charge in [-0.05, 0) is 40.1 Å². The van der Waals surface area contributed by atoms with Crippen molar-refractivity contribution >= 4 is 24.2 Å². The van der Waals surface area contributed by atoms with Crippen LogP contribution >= 0.6 is 15.9 Å². The predicted molar refractivity (Wildman–Crippen MR) is 80.5 cm³/mol. The minimum Gasteiger partial charge on any atom is -0.495 e. The molecular formula is C13H22BrNO2Si. The first-order valence-corrected chi connectivity index (χ1v) is 9.70. The quantitative estimate of drug-likeness (QED) is 0.606. The van der Waals surface area contributed by atoms with Crippen molar-refractivity contribution in [2.45, 2.75) is 45.5 Å². The summed E-state index contributed by atoms with van der Waals surface area (Å²) in [6, 6.07) is 1.95. The Morgan fingerprint density at radius 3 is 2.44 bits per heavy atom. The number of aromatic nitrogens is 1. The highest BCUT2D eigenvalue weighted by molar-refractivity contribution is 9.10. The second kappa shape index (κ2) is 5.71. The average molecular weight is 332 g/mol. The highest BCUT2D eigenvalue weighted by atomic mass is 79.9. The van der Waals surface area contributed by atoms with Gasteiger partial charge in [-0.2, -0.15) is 0 Å². The molecule has 0 saturated carbocycles. The number of ether oxygens (including phenoxy) is 1. The Bertz CT molecular complexity index is 416. The predicted octanol–water partition coefficient (Wildman–Crippen LogP) is 4.37. The molecular weight excluding hydrogens is 310 g/mol. The Morgan fingerprint density at radius 2 is 1.94 bits per heavy atom. The van der Waals surface area contributed by atoms with Crippen LogP contribution in [0, 0.1) is 0 Å². The fraction of sp³-hybridized carbons (Fsp3) is 0.615. The molecule has 0 aliphatic heterocycles. The van der Waals surface area contributed by atoms with Crippen LogP contribution in [0.3, 0.4) is 0 Å². The zero-order valence-corrected chi connectivity index (χ0v) is 14.6. The van der Waals surface area contributed by atoms with Crippen LogP contribution in [0.25, 0.3) is 0 Å². The van der Waals surface area contributed by atoms with Crippen molar-refractivity contribution < 1.29 is 9.16 Å². The molecule has 1 rings (SSSR count).